The zero-order chi connectivity index (χ0) is 13.7. The molecule has 1 rings (SSSR count). The molecule has 0 atom stereocenters. The first kappa shape index (κ1) is 14.7. The van der Waals surface area contributed by atoms with E-state index in [1.165, 1.54) is 13.2 Å². The zero-order valence-electron chi connectivity index (χ0n) is 10.0. The molecule has 0 radical (unpaired) electrons. The number of carbonyl (C=O) groups excluding carboxylic acids is 1. The van der Waals surface area contributed by atoms with Gasteiger partial charge in [-0.15, -0.1) is 11.6 Å². The molecule has 0 bridgehead atoms. The van der Waals surface area contributed by atoms with E-state index in [-0.39, 0.29) is 18.1 Å². The van der Waals surface area contributed by atoms with E-state index in [9.17, 15) is 13.6 Å². The van der Waals surface area contributed by atoms with Gasteiger partial charge in [-0.1, -0.05) is 6.07 Å². The van der Waals surface area contributed by atoms with Gasteiger partial charge >= 0.3 is 12.6 Å². The number of hydrogen-bond donors (Lipinski definition) is 0. The minimum Gasteiger partial charge on any atom is -0.469 e. The maximum absolute atomic E-state index is 12.2. The summed E-state index contributed by atoms with van der Waals surface area (Å²) in [7, 11) is 1.29. The van der Waals surface area contributed by atoms with Crippen LogP contribution >= 0.6 is 11.6 Å². The molecule has 3 nitrogen and oxygen atoms in total. The molecule has 0 spiro atoms. The normalized spacial score (nSPS) is 10.6. The summed E-state index contributed by atoms with van der Waals surface area (Å²) in [6.45, 7) is -1.20. The van der Waals surface area contributed by atoms with Gasteiger partial charge in [0.1, 0.15) is 5.75 Å². The minimum atomic E-state index is -2.90. The highest BCUT2D eigenvalue weighted by Gasteiger charge is 2.14. The second-order valence-electron chi connectivity index (χ2n) is 3.65. The first-order valence-electron chi connectivity index (χ1n) is 5.18. The minimum absolute atomic E-state index is 0.0243. The summed E-state index contributed by atoms with van der Waals surface area (Å²) in [5.74, 6) is -0.344. The van der Waals surface area contributed by atoms with Crippen molar-refractivity contribution in [3.8, 4) is 5.75 Å². The Morgan fingerprint density at radius 3 is 2.56 bits per heavy atom. The van der Waals surface area contributed by atoms with Gasteiger partial charge in [0.25, 0.3) is 0 Å². The lowest BCUT2D eigenvalue weighted by atomic mass is 10.0. The molecule has 0 saturated heterocycles. The van der Waals surface area contributed by atoms with Gasteiger partial charge in [-0.3, -0.25) is 4.79 Å². The van der Waals surface area contributed by atoms with Crippen molar-refractivity contribution in [3.63, 3.8) is 0 Å². The molecule has 0 aromatic heterocycles. The fourth-order valence-corrected chi connectivity index (χ4v) is 1.71. The topological polar surface area (TPSA) is 35.5 Å². The van der Waals surface area contributed by atoms with Crippen molar-refractivity contribution in [3.05, 3.63) is 28.8 Å². The fraction of sp³-hybridized carbons (Fsp3) is 0.417. The number of alkyl halides is 3. The molecule has 0 heterocycles. The number of rotatable bonds is 5. The highest BCUT2D eigenvalue weighted by atomic mass is 35.5. The van der Waals surface area contributed by atoms with Crippen molar-refractivity contribution < 1.29 is 23.0 Å². The predicted octanol–water partition coefficient (Wildman–Crippen LogP) is 3.05. The van der Waals surface area contributed by atoms with Crippen LogP contribution in [-0.4, -0.2) is 19.7 Å². The Bertz CT molecular complexity index is 436. The van der Waals surface area contributed by atoms with Crippen molar-refractivity contribution >= 4 is 17.6 Å². The largest absolute Gasteiger partial charge is 0.469 e. The lowest BCUT2D eigenvalue weighted by molar-refractivity contribution is -0.139. The molecular formula is C12H13ClF2O3. The van der Waals surface area contributed by atoms with E-state index in [1.54, 1.807) is 13.0 Å². The number of benzene rings is 1. The van der Waals surface area contributed by atoms with Gasteiger partial charge in [-0.2, -0.15) is 8.78 Å². The Balaban J connectivity index is 3.05. The van der Waals surface area contributed by atoms with Gasteiger partial charge in [0.2, 0.25) is 0 Å². The second kappa shape index (κ2) is 6.54. The van der Waals surface area contributed by atoms with Crippen LogP contribution < -0.4 is 4.74 Å². The van der Waals surface area contributed by atoms with Crippen LogP contribution in [0.5, 0.6) is 5.75 Å². The molecule has 6 heteroatoms. The third-order valence-corrected chi connectivity index (χ3v) is 2.73. The van der Waals surface area contributed by atoms with Crippen molar-refractivity contribution in [1.29, 1.82) is 0 Å². The number of hydrogen-bond acceptors (Lipinski definition) is 3. The molecule has 100 valence electrons. The average Bonchev–Trinajstić information content (AvgIpc) is 2.31. The summed E-state index contributed by atoms with van der Waals surface area (Å²) in [6, 6.07) is 3.03. The van der Waals surface area contributed by atoms with Crippen LogP contribution in [0.2, 0.25) is 0 Å². The third-order valence-electron chi connectivity index (χ3n) is 2.44. The molecule has 0 saturated carbocycles. The summed E-state index contributed by atoms with van der Waals surface area (Å²) in [5, 5.41) is 0. The lowest BCUT2D eigenvalue weighted by Crippen LogP contribution is -2.09. The molecule has 1 aromatic rings. The highest BCUT2D eigenvalue weighted by Crippen LogP contribution is 2.27. The van der Waals surface area contributed by atoms with Gasteiger partial charge in [-0.05, 0) is 24.1 Å². The fourth-order valence-electron chi connectivity index (χ4n) is 1.51. The molecule has 1 aromatic carbocycles. The van der Waals surface area contributed by atoms with E-state index < -0.39 is 12.6 Å². The molecule has 0 fully saturated rings. The first-order chi connectivity index (χ1) is 8.47. The quantitative estimate of drug-likeness (QED) is 0.613. The lowest BCUT2D eigenvalue weighted by Gasteiger charge is -2.13. The van der Waals surface area contributed by atoms with Crippen LogP contribution in [-0.2, 0) is 21.8 Å². The smallest absolute Gasteiger partial charge is 0.387 e. The van der Waals surface area contributed by atoms with Crippen molar-refractivity contribution in [2.24, 2.45) is 0 Å². The van der Waals surface area contributed by atoms with Crippen LogP contribution in [0, 0.1) is 6.92 Å². The zero-order valence-corrected chi connectivity index (χ0v) is 10.8. The molecular weight excluding hydrogens is 266 g/mol. The summed E-state index contributed by atoms with van der Waals surface area (Å²) >= 11 is 5.67. The van der Waals surface area contributed by atoms with E-state index in [1.807, 2.05) is 0 Å². The second-order valence-corrected chi connectivity index (χ2v) is 3.92. The molecule has 0 aliphatic heterocycles. The standard InChI is InChI=1S/C12H13ClF2O3/c1-7-3-10(18-12(14)15)9(6-13)4-8(7)5-11(16)17-2/h3-4,12H,5-6H2,1-2H3. The monoisotopic (exact) mass is 278 g/mol. The van der Waals surface area contributed by atoms with Crippen LogP contribution in [0.25, 0.3) is 0 Å². The summed E-state index contributed by atoms with van der Waals surface area (Å²) in [6.07, 6.45) is 0.0706. The number of methoxy groups -OCH3 is 1. The molecule has 0 aliphatic rings. The Hall–Kier alpha value is -1.36. The maximum Gasteiger partial charge on any atom is 0.387 e. The summed E-state index contributed by atoms with van der Waals surface area (Å²) in [5.41, 5.74) is 1.77. The van der Waals surface area contributed by atoms with Gasteiger partial charge < -0.3 is 9.47 Å². The predicted molar refractivity (Wildman–Crippen MR) is 63.1 cm³/mol. The molecule has 0 N–H and O–H groups in total. The number of carbonyl (C=O) groups is 1. The maximum atomic E-state index is 12.2. The van der Waals surface area contributed by atoms with Gasteiger partial charge in [0, 0.05) is 5.56 Å². The van der Waals surface area contributed by atoms with Crippen molar-refractivity contribution in [2.75, 3.05) is 7.11 Å². The average molecular weight is 279 g/mol. The Labute approximate surface area is 109 Å². The van der Waals surface area contributed by atoms with Crippen LogP contribution in [0.4, 0.5) is 8.78 Å². The SMILES string of the molecule is COC(=O)Cc1cc(CCl)c(OC(F)F)cc1C. The van der Waals surface area contributed by atoms with Crippen molar-refractivity contribution in [2.45, 2.75) is 25.8 Å². The van der Waals surface area contributed by atoms with E-state index >= 15 is 0 Å². The number of ether oxygens (including phenoxy) is 2. The molecule has 0 amide bonds. The first-order valence-corrected chi connectivity index (χ1v) is 5.71. The number of halogens is 3. The Kier molecular flexibility index (Phi) is 5.34. The molecule has 0 aliphatic carbocycles. The Morgan fingerprint density at radius 1 is 1.39 bits per heavy atom. The van der Waals surface area contributed by atoms with Crippen LogP contribution in [0.3, 0.4) is 0 Å². The Morgan fingerprint density at radius 2 is 2.06 bits per heavy atom. The van der Waals surface area contributed by atoms with E-state index in [2.05, 4.69) is 9.47 Å². The van der Waals surface area contributed by atoms with E-state index in [4.69, 9.17) is 11.6 Å². The van der Waals surface area contributed by atoms with Crippen molar-refractivity contribution in [1.82, 2.24) is 0 Å². The van der Waals surface area contributed by atoms with Crippen LogP contribution in [0.1, 0.15) is 16.7 Å². The van der Waals surface area contributed by atoms with Gasteiger partial charge in [-0.25, -0.2) is 0 Å². The number of esters is 1. The van der Waals surface area contributed by atoms with Gasteiger partial charge in [0.05, 0.1) is 19.4 Å². The van der Waals surface area contributed by atoms with E-state index in [0.717, 1.165) is 0 Å². The van der Waals surface area contributed by atoms with Gasteiger partial charge in [0.15, 0.2) is 0 Å². The molecule has 0 unspecified atom stereocenters. The highest BCUT2D eigenvalue weighted by molar-refractivity contribution is 6.17. The van der Waals surface area contributed by atoms with E-state index in [0.29, 0.717) is 16.7 Å². The van der Waals surface area contributed by atoms with Crippen LogP contribution in [0.15, 0.2) is 12.1 Å². The summed E-state index contributed by atoms with van der Waals surface area (Å²) < 4.78 is 33.3. The summed E-state index contributed by atoms with van der Waals surface area (Å²) in [4.78, 5) is 11.2. The third kappa shape index (κ3) is 3.84. The molecule has 18 heavy (non-hydrogen) atoms. The number of aryl methyl sites for hydroxylation is 1.